The topological polar surface area (TPSA) is 67.1 Å². The van der Waals surface area contributed by atoms with Gasteiger partial charge in [-0.1, -0.05) is 86.1 Å². The Morgan fingerprint density at radius 2 is 1.72 bits per heavy atom. The smallest absolute Gasteiger partial charge is 0.181 e. The predicted octanol–water partition coefficient (Wildman–Crippen LogP) is 14.1. The molecule has 2 saturated carbocycles. The van der Waals surface area contributed by atoms with Gasteiger partial charge in [0.15, 0.2) is 17.9 Å². The van der Waals surface area contributed by atoms with E-state index in [9.17, 15) is 10.2 Å². The summed E-state index contributed by atoms with van der Waals surface area (Å²) < 4.78 is 19.3. The van der Waals surface area contributed by atoms with Crippen molar-refractivity contribution >= 4 is 24.0 Å². The Hall–Kier alpha value is -3.82. The maximum absolute atomic E-state index is 11.6. The SMILES string of the molecule is CC1Cc2cn(c3c2CCC=C3)POC2=CC=C3CCCCC3C2C2=C3CCCC3CC=C2OPN2C=C(CC(C)C3C=CC(=CC3O)CCC3C=C(O)C1CC3)C1C=CC=CC=C12. The Bertz CT molecular complexity index is 2400. The Morgan fingerprint density at radius 1 is 0.781 bits per heavy atom. The minimum Gasteiger partial charge on any atom is -0.512 e. The Balaban J connectivity index is 0.953. The van der Waals surface area contributed by atoms with Crippen molar-refractivity contribution in [3.63, 3.8) is 0 Å². The fourth-order valence-electron chi connectivity index (χ4n) is 13.3. The molecule has 4 aliphatic heterocycles. The molecule has 336 valence electrons. The fraction of sp³-hybridized carbons (Fsp3) is 0.500. The zero-order valence-electron chi connectivity index (χ0n) is 37.9. The van der Waals surface area contributed by atoms with Crippen molar-refractivity contribution in [3.8, 4) is 0 Å². The number of aliphatic hydroxyl groups is 2. The van der Waals surface area contributed by atoms with Gasteiger partial charge in [-0.25, -0.2) is 0 Å². The second-order valence-corrected chi connectivity index (χ2v) is 22.4. The van der Waals surface area contributed by atoms with E-state index in [0.29, 0.717) is 29.4 Å². The summed E-state index contributed by atoms with van der Waals surface area (Å²) in [5, 5.41) is 23.2. The number of aromatic nitrogens is 1. The molecule has 8 heteroatoms. The van der Waals surface area contributed by atoms with Gasteiger partial charge in [-0.3, -0.25) is 9.01 Å². The lowest BCUT2D eigenvalue weighted by atomic mass is 9.67. The highest BCUT2D eigenvalue weighted by Crippen LogP contribution is 2.55. The first-order valence-electron chi connectivity index (χ1n) is 25.0. The zero-order valence-corrected chi connectivity index (χ0v) is 39.9. The molecular weight excluding hydrogens is 827 g/mol. The van der Waals surface area contributed by atoms with Gasteiger partial charge in [0, 0.05) is 41.4 Å². The summed E-state index contributed by atoms with van der Waals surface area (Å²) in [5.74, 6) is 5.34. The van der Waals surface area contributed by atoms with Crippen LogP contribution in [0.3, 0.4) is 0 Å². The van der Waals surface area contributed by atoms with Crippen LogP contribution in [0.1, 0.15) is 121 Å². The van der Waals surface area contributed by atoms with Crippen molar-refractivity contribution in [3.05, 3.63) is 159 Å². The van der Waals surface area contributed by atoms with Crippen LogP contribution in [-0.2, 0) is 21.9 Å². The third-order valence-corrected chi connectivity index (χ3v) is 18.5. The van der Waals surface area contributed by atoms with Crippen molar-refractivity contribution in [2.75, 3.05) is 0 Å². The standard InChI is InChI=1S/C56H68N2O4P2/c1-35-29-41-33-57(49-17-5-3-4-13-45(41)49)63-62-54-28-24-40-12-10-16-48(40)56(54)55-47-15-7-6-11-39(47)23-27-53(55)61-64-58-34-42(46-14-8-9-18-50(46)58)30-36(2)44-26-22-38(32-52(44)60)20-19-37-21-25-43(35)51(59)31-37/h3-5,9,13,17-18,21,23,25,27-28,31-36,38,40,43-45,47,51,55,59-60,63-64H,6-8,10-12,14-16,19-20,22,24,26,29-30H2,1-2H3. The van der Waals surface area contributed by atoms with Crippen LogP contribution >= 0.6 is 17.9 Å². The third-order valence-electron chi connectivity index (χ3n) is 16.8. The van der Waals surface area contributed by atoms with Crippen LogP contribution in [-0.4, -0.2) is 25.3 Å². The molecule has 13 rings (SSSR count). The summed E-state index contributed by atoms with van der Waals surface area (Å²) in [6, 6.07) is 0. The molecule has 2 N–H and O–H groups in total. The maximum atomic E-state index is 11.6. The van der Waals surface area contributed by atoms with E-state index in [2.05, 4.69) is 120 Å². The fourth-order valence-corrected chi connectivity index (χ4v) is 15.2. The number of aliphatic hydroxyl groups excluding tert-OH is 2. The summed E-state index contributed by atoms with van der Waals surface area (Å²) in [5.41, 5.74) is 12.7. The molecule has 12 atom stereocenters. The zero-order chi connectivity index (χ0) is 43.3. The lowest BCUT2D eigenvalue weighted by Gasteiger charge is -2.40. The minimum atomic E-state index is -0.505. The highest BCUT2D eigenvalue weighted by atomic mass is 31.1. The summed E-state index contributed by atoms with van der Waals surface area (Å²) in [7, 11) is 0.281. The molecule has 2 fully saturated rings. The van der Waals surface area contributed by atoms with E-state index in [4.69, 9.17) is 9.05 Å². The average Bonchev–Trinajstić information content (AvgIpc) is 3.95. The molecule has 0 aromatic carbocycles. The third kappa shape index (κ3) is 8.32. The predicted molar refractivity (Wildman–Crippen MR) is 264 cm³/mol. The first kappa shape index (κ1) is 42.8. The first-order chi connectivity index (χ1) is 31.4. The molecule has 8 aliphatic carbocycles. The van der Waals surface area contributed by atoms with Crippen molar-refractivity contribution in [2.24, 2.45) is 53.3 Å². The van der Waals surface area contributed by atoms with Crippen LogP contribution < -0.4 is 0 Å². The molecule has 6 nitrogen and oxygen atoms in total. The lowest BCUT2D eigenvalue weighted by molar-refractivity contribution is 0.142. The molecule has 12 unspecified atom stereocenters. The van der Waals surface area contributed by atoms with Gasteiger partial charge >= 0.3 is 0 Å². The normalized spacial score (nSPS) is 35.7. The second kappa shape index (κ2) is 18.5. The van der Waals surface area contributed by atoms with E-state index in [-0.39, 0.29) is 47.5 Å². The van der Waals surface area contributed by atoms with Gasteiger partial charge < -0.3 is 19.3 Å². The maximum Gasteiger partial charge on any atom is 0.181 e. The quantitative estimate of drug-likeness (QED) is 0.254. The molecule has 0 radical (unpaired) electrons. The van der Waals surface area contributed by atoms with Crippen LogP contribution in [0.5, 0.6) is 0 Å². The molecule has 64 heavy (non-hydrogen) atoms. The molecule has 12 aliphatic rings. The van der Waals surface area contributed by atoms with Crippen LogP contribution in [0.15, 0.2) is 142 Å². The van der Waals surface area contributed by atoms with Gasteiger partial charge in [-0.15, -0.1) is 0 Å². The lowest BCUT2D eigenvalue weighted by Crippen LogP contribution is -2.29. The van der Waals surface area contributed by atoms with E-state index < -0.39 is 6.10 Å². The molecular formula is C56H68N2O4P2. The molecule has 8 bridgehead atoms. The Morgan fingerprint density at radius 3 is 2.62 bits per heavy atom. The van der Waals surface area contributed by atoms with Crippen molar-refractivity contribution < 1.29 is 19.3 Å². The Labute approximate surface area is 385 Å². The van der Waals surface area contributed by atoms with Crippen molar-refractivity contribution in [1.82, 2.24) is 9.01 Å². The first-order valence-corrected chi connectivity index (χ1v) is 26.7. The highest BCUT2D eigenvalue weighted by molar-refractivity contribution is 7.30. The van der Waals surface area contributed by atoms with Crippen LogP contribution in [0.25, 0.3) is 6.08 Å². The van der Waals surface area contributed by atoms with Gasteiger partial charge in [0.1, 0.15) is 11.5 Å². The molecule has 1 aromatic heterocycles. The van der Waals surface area contributed by atoms with Gasteiger partial charge in [0.25, 0.3) is 0 Å². The second-order valence-electron chi connectivity index (χ2n) is 20.7. The average molecular weight is 895 g/mol. The van der Waals surface area contributed by atoms with E-state index in [0.717, 1.165) is 75.7 Å². The van der Waals surface area contributed by atoms with E-state index in [1.165, 1.54) is 77.8 Å². The van der Waals surface area contributed by atoms with Gasteiger partial charge in [0.2, 0.25) is 0 Å². The summed E-state index contributed by atoms with van der Waals surface area (Å²) in [4.78, 5) is 0. The number of fused-ring (bicyclic) bond motifs is 6. The number of allylic oxidation sites excluding steroid dienone is 17. The highest BCUT2D eigenvalue weighted by Gasteiger charge is 2.43. The van der Waals surface area contributed by atoms with Crippen molar-refractivity contribution in [1.29, 1.82) is 0 Å². The number of hydrogen-bond acceptors (Lipinski definition) is 5. The number of hydrogen-bond donors (Lipinski definition) is 2. The molecule has 0 spiro atoms. The van der Waals surface area contributed by atoms with Gasteiger partial charge in [0.05, 0.1) is 23.5 Å². The van der Waals surface area contributed by atoms with Crippen molar-refractivity contribution in [2.45, 2.75) is 123 Å². The van der Waals surface area contributed by atoms with Gasteiger partial charge in [-0.2, -0.15) is 0 Å². The van der Waals surface area contributed by atoms with Crippen LogP contribution in [0.2, 0.25) is 0 Å². The van der Waals surface area contributed by atoms with E-state index in [1.54, 1.807) is 11.1 Å². The number of rotatable bonds is 0. The largest absolute Gasteiger partial charge is 0.512 e. The number of nitrogens with zero attached hydrogens (tertiary/aromatic N) is 2. The molecule has 0 amide bonds. The monoisotopic (exact) mass is 894 g/mol. The van der Waals surface area contributed by atoms with Gasteiger partial charge in [-0.05, 0) is 179 Å². The van der Waals surface area contributed by atoms with Crippen LogP contribution in [0.4, 0.5) is 0 Å². The molecule has 0 saturated heterocycles. The summed E-state index contributed by atoms with van der Waals surface area (Å²) in [6.07, 6.45) is 53.7. The minimum absolute atomic E-state index is 0.0594. The van der Waals surface area contributed by atoms with Crippen LogP contribution in [0, 0.1) is 53.3 Å². The molecule has 5 heterocycles. The summed E-state index contributed by atoms with van der Waals surface area (Å²) in [6.45, 7) is 4.66. The van der Waals surface area contributed by atoms with E-state index >= 15 is 0 Å². The Kier molecular flexibility index (Phi) is 12.3. The summed E-state index contributed by atoms with van der Waals surface area (Å²) >= 11 is 0. The van der Waals surface area contributed by atoms with E-state index in [1.807, 2.05) is 0 Å². The molecule has 1 aromatic rings.